The lowest BCUT2D eigenvalue weighted by Gasteiger charge is -2.44. The molecule has 0 N–H and O–H groups in total. The lowest BCUT2D eigenvalue weighted by Crippen LogP contribution is -2.49. The maximum absolute atomic E-state index is 12.2. The molecule has 1 aliphatic carbocycles. The number of hydrogen-bond donors (Lipinski definition) is 0. The van der Waals surface area contributed by atoms with Gasteiger partial charge in [-0.25, -0.2) is 0 Å². The normalized spacial score (nSPS) is 24.9. The largest absolute Gasteiger partial charge is 0.413 e. The fraction of sp³-hybridized carbons (Fsp3) is 0.944. The summed E-state index contributed by atoms with van der Waals surface area (Å²) < 4.78 is 13.0. The van der Waals surface area contributed by atoms with Gasteiger partial charge in [0.2, 0.25) is 0 Å². The molecule has 0 radical (unpaired) electrons. The maximum Gasteiger partial charge on any atom is 0.192 e. The highest BCUT2D eigenvalue weighted by molar-refractivity contribution is 6.74. The molecular formula is C18H38O3Si2. The first-order valence-corrected chi connectivity index (χ1v) is 14.7. The van der Waals surface area contributed by atoms with Crippen molar-refractivity contribution in [2.75, 3.05) is 0 Å². The number of hydrogen-bond acceptors (Lipinski definition) is 3. The van der Waals surface area contributed by atoms with Gasteiger partial charge in [-0.2, -0.15) is 0 Å². The van der Waals surface area contributed by atoms with Crippen LogP contribution in [-0.2, 0) is 13.6 Å². The standard InChI is InChI=1S/C18H38O3Si2/c1-17(2,3)22(7,8)20-15-11-14(19)12-16(13-15)21-23(9,10)18(4,5)6/h15-16H,11-13H2,1-10H3. The molecule has 1 saturated carbocycles. The molecule has 0 saturated heterocycles. The van der Waals surface area contributed by atoms with E-state index in [4.69, 9.17) is 8.85 Å². The summed E-state index contributed by atoms with van der Waals surface area (Å²) in [5, 5.41) is 0.340. The molecule has 1 aliphatic rings. The van der Waals surface area contributed by atoms with E-state index in [0.717, 1.165) is 6.42 Å². The summed E-state index contributed by atoms with van der Waals surface area (Å²) in [6.07, 6.45) is 2.05. The fourth-order valence-corrected chi connectivity index (χ4v) is 5.15. The van der Waals surface area contributed by atoms with Crippen LogP contribution < -0.4 is 0 Å². The Balaban J connectivity index is 2.79. The van der Waals surface area contributed by atoms with Gasteiger partial charge in [-0.1, -0.05) is 41.5 Å². The van der Waals surface area contributed by atoms with Crippen molar-refractivity contribution in [2.24, 2.45) is 0 Å². The van der Waals surface area contributed by atoms with E-state index in [1.54, 1.807) is 0 Å². The van der Waals surface area contributed by atoms with Gasteiger partial charge in [0, 0.05) is 12.8 Å². The van der Waals surface area contributed by atoms with Crippen molar-refractivity contribution in [2.45, 2.75) is 109 Å². The molecule has 0 amide bonds. The Hall–Kier alpha value is 0.0238. The zero-order valence-electron chi connectivity index (χ0n) is 17.0. The fourth-order valence-electron chi connectivity index (χ4n) is 2.42. The zero-order valence-corrected chi connectivity index (χ0v) is 19.0. The average molecular weight is 359 g/mol. The lowest BCUT2D eigenvalue weighted by atomic mass is 9.94. The van der Waals surface area contributed by atoms with Gasteiger partial charge in [-0.15, -0.1) is 0 Å². The minimum absolute atomic E-state index is 0.0342. The summed E-state index contributed by atoms with van der Waals surface area (Å²) in [6, 6.07) is 0. The molecule has 2 atom stereocenters. The van der Waals surface area contributed by atoms with Crippen LogP contribution in [0.25, 0.3) is 0 Å². The number of carbonyl (C=O) groups excluding carboxylic acids is 1. The first-order valence-electron chi connectivity index (χ1n) is 8.92. The third-order valence-corrected chi connectivity index (χ3v) is 15.0. The van der Waals surface area contributed by atoms with E-state index in [2.05, 4.69) is 67.7 Å². The summed E-state index contributed by atoms with van der Waals surface area (Å²) in [4.78, 5) is 12.2. The van der Waals surface area contributed by atoms with Crippen LogP contribution in [0.3, 0.4) is 0 Å². The quantitative estimate of drug-likeness (QED) is 0.621. The average Bonchev–Trinajstić information content (AvgIpc) is 2.22. The molecular weight excluding hydrogens is 320 g/mol. The molecule has 0 heterocycles. The van der Waals surface area contributed by atoms with Crippen LogP contribution in [0.5, 0.6) is 0 Å². The predicted octanol–water partition coefficient (Wildman–Crippen LogP) is 5.52. The van der Waals surface area contributed by atoms with Gasteiger partial charge in [-0.3, -0.25) is 4.79 Å². The van der Waals surface area contributed by atoms with Crippen LogP contribution >= 0.6 is 0 Å². The van der Waals surface area contributed by atoms with E-state index in [0.29, 0.717) is 18.6 Å². The molecule has 1 fully saturated rings. The van der Waals surface area contributed by atoms with Crippen molar-refractivity contribution in [3.05, 3.63) is 0 Å². The SMILES string of the molecule is CC(C)(C)[Si](C)(C)OC1CC(=O)CC(O[Si](C)(C)C(C)(C)C)C1. The van der Waals surface area contributed by atoms with E-state index in [-0.39, 0.29) is 22.3 Å². The lowest BCUT2D eigenvalue weighted by molar-refractivity contribution is -0.126. The maximum atomic E-state index is 12.2. The Labute approximate surface area is 145 Å². The van der Waals surface area contributed by atoms with Crippen LogP contribution in [0, 0.1) is 0 Å². The molecule has 3 nitrogen and oxygen atoms in total. The Bertz CT molecular complexity index is 393. The monoisotopic (exact) mass is 358 g/mol. The topological polar surface area (TPSA) is 35.5 Å². The number of carbonyl (C=O) groups is 1. The molecule has 0 aromatic carbocycles. The Morgan fingerprint density at radius 1 is 0.783 bits per heavy atom. The number of Topliss-reactive ketones (excluding diaryl/α,β-unsaturated/α-hetero) is 1. The summed E-state index contributed by atoms with van der Waals surface area (Å²) in [6.45, 7) is 22.5. The van der Waals surface area contributed by atoms with Gasteiger partial charge >= 0.3 is 0 Å². The van der Waals surface area contributed by atoms with Gasteiger partial charge in [0.15, 0.2) is 16.6 Å². The molecule has 0 aliphatic heterocycles. The van der Waals surface area contributed by atoms with Crippen molar-refractivity contribution in [3.63, 3.8) is 0 Å². The minimum atomic E-state index is -1.84. The molecule has 5 heteroatoms. The van der Waals surface area contributed by atoms with Crippen LogP contribution in [0.2, 0.25) is 36.3 Å². The Kier molecular flexibility index (Phi) is 6.17. The van der Waals surface area contributed by atoms with Gasteiger partial charge in [0.1, 0.15) is 5.78 Å². The smallest absolute Gasteiger partial charge is 0.192 e. The Morgan fingerprint density at radius 2 is 1.09 bits per heavy atom. The summed E-state index contributed by atoms with van der Waals surface area (Å²) in [5.74, 6) is 0.295. The van der Waals surface area contributed by atoms with E-state index in [9.17, 15) is 4.79 Å². The van der Waals surface area contributed by atoms with Crippen molar-refractivity contribution in [1.82, 2.24) is 0 Å². The molecule has 0 aromatic heterocycles. The second kappa shape index (κ2) is 6.73. The summed E-state index contributed by atoms with van der Waals surface area (Å²) in [5.41, 5.74) is 0. The number of rotatable bonds is 4. The first-order chi connectivity index (χ1) is 10.1. The van der Waals surface area contributed by atoms with E-state index in [1.807, 2.05) is 0 Å². The highest BCUT2D eigenvalue weighted by Gasteiger charge is 2.44. The third kappa shape index (κ3) is 5.51. The van der Waals surface area contributed by atoms with Crippen molar-refractivity contribution < 1.29 is 13.6 Å². The number of ketones is 1. The van der Waals surface area contributed by atoms with Gasteiger partial charge in [0.25, 0.3) is 0 Å². The highest BCUT2D eigenvalue weighted by atomic mass is 28.4. The summed E-state index contributed by atoms with van der Waals surface area (Å²) >= 11 is 0. The van der Waals surface area contributed by atoms with E-state index in [1.165, 1.54) is 0 Å². The van der Waals surface area contributed by atoms with Crippen LogP contribution in [0.4, 0.5) is 0 Å². The molecule has 0 spiro atoms. The highest BCUT2D eigenvalue weighted by Crippen LogP contribution is 2.41. The van der Waals surface area contributed by atoms with E-state index >= 15 is 0 Å². The second-order valence-electron chi connectivity index (χ2n) is 10.2. The third-order valence-electron chi connectivity index (χ3n) is 5.97. The predicted molar refractivity (Wildman–Crippen MR) is 103 cm³/mol. The molecule has 0 bridgehead atoms. The Morgan fingerprint density at radius 3 is 1.35 bits per heavy atom. The first kappa shape index (κ1) is 21.1. The summed E-state index contributed by atoms with van der Waals surface area (Å²) in [7, 11) is -3.69. The van der Waals surface area contributed by atoms with Crippen molar-refractivity contribution in [3.8, 4) is 0 Å². The van der Waals surface area contributed by atoms with Gasteiger partial charge in [0.05, 0.1) is 12.2 Å². The molecule has 1 rings (SSSR count). The second-order valence-corrected chi connectivity index (χ2v) is 19.7. The minimum Gasteiger partial charge on any atom is -0.413 e. The zero-order chi connectivity index (χ0) is 18.3. The van der Waals surface area contributed by atoms with Crippen molar-refractivity contribution in [1.29, 1.82) is 0 Å². The van der Waals surface area contributed by atoms with Gasteiger partial charge in [-0.05, 0) is 42.7 Å². The van der Waals surface area contributed by atoms with Gasteiger partial charge < -0.3 is 8.85 Å². The van der Waals surface area contributed by atoms with Crippen LogP contribution in [0.1, 0.15) is 60.8 Å². The van der Waals surface area contributed by atoms with Crippen molar-refractivity contribution >= 4 is 22.4 Å². The van der Waals surface area contributed by atoms with Crippen LogP contribution in [0.15, 0.2) is 0 Å². The molecule has 23 heavy (non-hydrogen) atoms. The molecule has 0 aromatic rings. The molecule has 2 unspecified atom stereocenters. The van der Waals surface area contributed by atoms with E-state index < -0.39 is 16.6 Å². The van der Waals surface area contributed by atoms with Crippen LogP contribution in [-0.4, -0.2) is 34.6 Å². The molecule has 136 valence electrons.